The van der Waals surface area contributed by atoms with E-state index in [0.717, 1.165) is 22.7 Å². The van der Waals surface area contributed by atoms with E-state index in [9.17, 15) is 9.59 Å². The first kappa shape index (κ1) is 22.0. The minimum atomic E-state index is -0.361. The number of anilines is 2. The van der Waals surface area contributed by atoms with Crippen LogP contribution in [0, 0.1) is 6.92 Å². The number of hydrogen-bond acceptors (Lipinski definition) is 7. The average molecular weight is 474 g/mol. The second kappa shape index (κ2) is 9.18. The molecule has 1 saturated heterocycles. The van der Waals surface area contributed by atoms with Crippen LogP contribution in [0.1, 0.15) is 46.0 Å². The largest absolute Gasteiger partial charge is 0.360 e. The summed E-state index contributed by atoms with van der Waals surface area (Å²) in [5, 5.41) is 16.4. The van der Waals surface area contributed by atoms with E-state index in [0.29, 0.717) is 35.1 Å². The van der Waals surface area contributed by atoms with Gasteiger partial charge in [0.05, 0.1) is 0 Å². The number of nitrogens with zero attached hydrogens (tertiary/aromatic N) is 4. The van der Waals surface area contributed by atoms with Crippen molar-refractivity contribution in [1.82, 2.24) is 15.4 Å². The number of hydrogen-bond donors (Lipinski definition) is 1. The first-order chi connectivity index (χ1) is 16.5. The highest BCUT2D eigenvalue weighted by molar-refractivity contribution is 7.15. The Labute approximate surface area is 200 Å². The van der Waals surface area contributed by atoms with Crippen molar-refractivity contribution in [3.63, 3.8) is 0 Å². The molecule has 9 heteroatoms. The van der Waals surface area contributed by atoms with Gasteiger partial charge >= 0.3 is 0 Å². The lowest BCUT2D eigenvalue weighted by Gasteiger charge is -2.16. The fourth-order valence-electron chi connectivity index (χ4n) is 4.08. The highest BCUT2D eigenvalue weighted by Gasteiger charge is 2.34. The molecule has 0 radical (unpaired) electrons. The fourth-order valence-corrected chi connectivity index (χ4v) is 4.91. The van der Waals surface area contributed by atoms with E-state index in [-0.39, 0.29) is 17.7 Å². The summed E-state index contributed by atoms with van der Waals surface area (Å²) >= 11 is 1.28. The molecule has 3 heterocycles. The minimum absolute atomic E-state index is 0.0580. The second-order valence-corrected chi connectivity index (χ2v) is 9.16. The van der Waals surface area contributed by atoms with Gasteiger partial charge in [-0.05, 0) is 31.0 Å². The lowest BCUT2D eigenvalue weighted by Crippen LogP contribution is -2.24. The molecule has 1 N–H and O–H groups in total. The first-order valence-corrected chi connectivity index (χ1v) is 11.9. The van der Waals surface area contributed by atoms with Crippen molar-refractivity contribution in [2.75, 3.05) is 16.8 Å². The van der Waals surface area contributed by atoms with Crippen LogP contribution in [-0.4, -0.2) is 33.7 Å². The van der Waals surface area contributed by atoms with E-state index in [4.69, 9.17) is 4.52 Å². The predicted octanol–water partition coefficient (Wildman–Crippen LogP) is 4.84. The Hall–Kier alpha value is -3.85. The van der Waals surface area contributed by atoms with Crippen LogP contribution in [0.15, 0.2) is 59.1 Å². The van der Waals surface area contributed by atoms with E-state index >= 15 is 0 Å². The lowest BCUT2D eigenvalue weighted by atomic mass is 10.1. The normalized spacial score (nSPS) is 15.6. The van der Waals surface area contributed by atoms with E-state index in [1.54, 1.807) is 11.8 Å². The number of amides is 2. The maximum Gasteiger partial charge on any atom is 0.263 e. The first-order valence-electron chi connectivity index (χ1n) is 11.1. The van der Waals surface area contributed by atoms with Gasteiger partial charge in [-0.1, -0.05) is 65.9 Å². The quantitative estimate of drug-likeness (QED) is 0.430. The van der Waals surface area contributed by atoms with Gasteiger partial charge in [0.2, 0.25) is 11.0 Å². The number of nitrogens with one attached hydrogen (secondary N) is 1. The highest BCUT2D eigenvalue weighted by Crippen LogP contribution is 2.35. The van der Waals surface area contributed by atoms with Crippen molar-refractivity contribution >= 4 is 34.0 Å². The Morgan fingerprint density at radius 2 is 1.91 bits per heavy atom. The zero-order valence-electron chi connectivity index (χ0n) is 18.8. The van der Waals surface area contributed by atoms with Gasteiger partial charge in [-0.15, -0.1) is 10.2 Å². The van der Waals surface area contributed by atoms with Gasteiger partial charge in [0.25, 0.3) is 5.91 Å². The van der Waals surface area contributed by atoms with E-state index in [1.807, 2.05) is 54.6 Å². The van der Waals surface area contributed by atoms with Gasteiger partial charge in [0.1, 0.15) is 22.0 Å². The molecular weight excluding hydrogens is 450 g/mol. The number of carbonyl (C=O) groups excluding carboxylic acids is 2. The lowest BCUT2D eigenvalue weighted by molar-refractivity contribution is -0.117. The average Bonchev–Trinajstić information content (AvgIpc) is 3.58. The van der Waals surface area contributed by atoms with Crippen molar-refractivity contribution in [3.05, 3.63) is 76.5 Å². The van der Waals surface area contributed by atoms with Crippen LogP contribution >= 0.6 is 11.3 Å². The maximum atomic E-state index is 13.0. The Morgan fingerprint density at radius 1 is 1.15 bits per heavy atom. The van der Waals surface area contributed by atoms with Crippen LogP contribution in [0.3, 0.4) is 0 Å². The second-order valence-electron chi connectivity index (χ2n) is 8.15. The summed E-state index contributed by atoms with van der Waals surface area (Å²) in [7, 11) is 0. The van der Waals surface area contributed by atoms with Crippen LogP contribution in [-0.2, 0) is 11.2 Å². The number of aryl methyl sites for hydroxylation is 2. The molecule has 0 spiro atoms. The molecule has 4 aromatic rings. The standard InChI is InChI=1S/C25H23N5O3S/c1-3-16-9-11-19(12-10-16)30-14-18(13-20(30)31)24-27-28-25(34-24)26-23(32)21-15(2)33-29-22(21)17-7-5-4-6-8-17/h4-12,18H,3,13-14H2,1-2H3,(H,26,28,32)/t18-/m0/s1. The number of benzene rings is 2. The summed E-state index contributed by atoms with van der Waals surface area (Å²) < 4.78 is 5.29. The predicted molar refractivity (Wildman–Crippen MR) is 130 cm³/mol. The fraction of sp³-hybridized carbons (Fsp3) is 0.240. The van der Waals surface area contributed by atoms with Gasteiger partial charge in [0, 0.05) is 30.1 Å². The Bertz CT molecular complexity index is 1330. The maximum absolute atomic E-state index is 13.0. The smallest absolute Gasteiger partial charge is 0.263 e. The highest BCUT2D eigenvalue weighted by atomic mass is 32.1. The summed E-state index contributed by atoms with van der Waals surface area (Å²) in [6.45, 7) is 4.34. The van der Waals surface area contributed by atoms with Crippen LogP contribution in [0.2, 0.25) is 0 Å². The Kier molecular flexibility index (Phi) is 5.93. The van der Waals surface area contributed by atoms with E-state index < -0.39 is 0 Å². The molecule has 1 fully saturated rings. The van der Waals surface area contributed by atoms with Gasteiger partial charge in [0.15, 0.2) is 0 Å². The Morgan fingerprint density at radius 3 is 2.65 bits per heavy atom. The summed E-state index contributed by atoms with van der Waals surface area (Å²) in [5.41, 5.74) is 3.75. The molecule has 1 aliphatic rings. The van der Waals surface area contributed by atoms with Crippen molar-refractivity contribution < 1.29 is 14.1 Å². The summed E-state index contributed by atoms with van der Waals surface area (Å²) in [5.74, 6) is 0.0500. The van der Waals surface area contributed by atoms with Crippen molar-refractivity contribution in [1.29, 1.82) is 0 Å². The SMILES string of the molecule is CCc1ccc(N2C[C@@H](c3nnc(NC(=O)c4c(-c5ccccc5)noc4C)s3)CC2=O)cc1. The monoisotopic (exact) mass is 473 g/mol. The molecule has 34 heavy (non-hydrogen) atoms. The molecule has 0 unspecified atom stereocenters. The Balaban J connectivity index is 1.30. The summed E-state index contributed by atoms with van der Waals surface area (Å²) in [6.07, 6.45) is 1.32. The van der Waals surface area contributed by atoms with Gasteiger partial charge in [-0.3, -0.25) is 14.9 Å². The van der Waals surface area contributed by atoms with Crippen molar-refractivity contribution in [2.24, 2.45) is 0 Å². The third kappa shape index (κ3) is 4.22. The molecular formula is C25H23N5O3S. The summed E-state index contributed by atoms with van der Waals surface area (Å²) in [4.78, 5) is 27.5. The minimum Gasteiger partial charge on any atom is -0.360 e. The molecule has 0 aliphatic carbocycles. The van der Waals surface area contributed by atoms with E-state index in [1.165, 1.54) is 16.9 Å². The number of aromatic nitrogens is 3. The third-order valence-corrected chi connectivity index (χ3v) is 6.93. The molecule has 172 valence electrons. The zero-order valence-corrected chi connectivity index (χ0v) is 19.6. The third-order valence-electron chi connectivity index (χ3n) is 5.93. The van der Waals surface area contributed by atoms with E-state index in [2.05, 4.69) is 27.6 Å². The van der Waals surface area contributed by atoms with Crippen LogP contribution in [0.4, 0.5) is 10.8 Å². The molecule has 8 nitrogen and oxygen atoms in total. The zero-order chi connectivity index (χ0) is 23.7. The molecule has 0 saturated carbocycles. The van der Waals surface area contributed by atoms with Gasteiger partial charge in [-0.25, -0.2) is 0 Å². The number of carbonyl (C=O) groups is 2. The van der Waals surface area contributed by atoms with Gasteiger partial charge in [-0.2, -0.15) is 0 Å². The molecule has 5 rings (SSSR count). The van der Waals surface area contributed by atoms with Crippen molar-refractivity contribution in [3.8, 4) is 11.3 Å². The van der Waals surface area contributed by atoms with Crippen LogP contribution < -0.4 is 10.2 Å². The molecule has 1 atom stereocenters. The molecule has 2 aromatic heterocycles. The molecule has 1 aliphatic heterocycles. The molecule has 2 aromatic carbocycles. The van der Waals surface area contributed by atoms with Crippen molar-refractivity contribution in [2.45, 2.75) is 32.6 Å². The topological polar surface area (TPSA) is 101 Å². The van der Waals surface area contributed by atoms with Crippen LogP contribution in [0.25, 0.3) is 11.3 Å². The summed E-state index contributed by atoms with van der Waals surface area (Å²) in [6, 6.07) is 17.5. The number of rotatable bonds is 6. The molecule has 0 bridgehead atoms. The molecule has 2 amide bonds. The van der Waals surface area contributed by atoms with Gasteiger partial charge < -0.3 is 9.42 Å². The van der Waals surface area contributed by atoms with Crippen LogP contribution in [0.5, 0.6) is 0 Å².